The first kappa shape index (κ1) is 20.4. The normalized spacial score (nSPS) is 19.1. The lowest BCUT2D eigenvalue weighted by atomic mass is 9.74. The number of nitrogens with zero attached hydrogens (tertiary/aromatic N) is 2. The van der Waals surface area contributed by atoms with Crippen molar-refractivity contribution in [3.63, 3.8) is 0 Å². The van der Waals surface area contributed by atoms with Gasteiger partial charge in [-0.2, -0.15) is 0 Å². The van der Waals surface area contributed by atoms with Gasteiger partial charge in [-0.1, -0.05) is 36.8 Å². The molecule has 1 aliphatic heterocycles. The molecule has 156 valence electrons. The summed E-state index contributed by atoms with van der Waals surface area (Å²) < 4.78 is 5.68. The lowest BCUT2D eigenvalue weighted by molar-refractivity contribution is 0.0543. The van der Waals surface area contributed by atoms with Crippen molar-refractivity contribution in [1.82, 2.24) is 9.88 Å². The Labute approximate surface area is 175 Å². The fourth-order valence-electron chi connectivity index (χ4n) is 4.62. The summed E-state index contributed by atoms with van der Waals surface area (Å²) in [6.07, 6.45) is 10.6. The Bertz CT molecular complexity index is 736. The lowest BCUT2D eigenvalue weighted by Crippen LogP contribution is -2.40. The summed E-state index contributed by atoms with van der Waals surface area (Å²) in [6.45, 7) is 3.78. The molecule has 0 bridgehead atoms. The van der Waals surface area contributed by atoms with Crippen molar-refractivity contribution in [2.24, 2.45) is 0 Å². The Morgan fingerprint density at radius 3 is 2.55 bits per heavy atom. The van der Waals surface area contributed by atoms with Crippen LogP contribution in [0.25, 0.3) is 0 Å². The van der Waals surface area contributed by atoms with E-state index in [2.05, 4.69) is 46.5 Å². The summed E-state index contributed by atoms with van der Waals surface area (Å²) in [4.78, 5) is 6.98. The Balaban J connectivity index is 1.36. The summed E-state index contributed by atoms with van der Waals surface area (Å²) in [5.41, 5.74) is 3.01. The molecule has 2 aromatic rings. The van der Waals surface area contributed by atoms with Crippen LogP contribution in [0.5, 0.6) is 0 Å². The van der Waals surface area contributed by atoms with Crippen LogP contribution in [0.2, 0.25) is 0 Å². The molecular formula is C25H35N3O. The minimum atomic E-state index is 0.124. The molecule has 2 heterocycles. The average Bonchev–Trinajstić information content (AvgIpc) is 2.73. The predicted octanol–water partition coefficient (Wildman–Crippen LogP) is 4.66. The molecule has 4 rings (SSSR count). The second kappa shape index (κ2) is 9.73. The van der Waals surface area contributed by atoms with Gasteiger partial charge in [0.25, 0.3) is 0 Å². The standard InChI is InChI=1S/C25H35N3O/c1-28(23-7-4-8-23)17-5-6-21-10-12-22(13-11-21)25(14-18-29-19-15-25)20-27-24-9-2-3-16-26-24/h2-3,9-13,16,23H,4-8,14-15,17-20H2,1H3,(H,26,27). The van der Waals surface area contributed by atoms with Crippen LogP contribution in [0.4, 0.5) is 5.82 Å². The first-order valence-corrected chi connectivity index (χ1v) is 11.3. The number of anilines is 1. The third-order valence-corrected chi connectivity index (χ3v) is 6.96. The van der Waals surface area contributed by atoms with E-state index in [9.17, 15) is 0 Å². The number of ether oxygens (including phenoxy) is 1. The van der Waals surface area contributed by atoms with Crippen molar-refractivity contribution in [2.45, 2.75) is 56.4 Å². The quantitative estimate of drug-likeness (QED) is 0.672. The fourth-order valence-corrected chi connectivity index (χ4v) is 4.62. The highest BCUT2D eigenvalue weighted by molar-refractivity contribution is 5.37. The van der Waals surface area contributed by atoms with Crippen LogP contribution in [-0.4, -0.2) is 49.3 Å². The molecule has 2 aliphatic rings. The highest BCUT2D eigenvalue weighted by Crippen LogP contribution is 2.35. The van der Waals surface area contributed by atoms with Crippen LogP contribution in [0.3, 0.4) is 0 Å². The van der Waals surface area contributed by atoms with Crippen LogP contribution < -0.4 is 5.32 Å². The Kier molecular flexibility index (Phi) is 6.83. The Hall–Kier alpha value is -1.91. The number of rotatable bonds is 9. The van der Waals surface area contributed by atoms with Crippen molar-refractivity contribution in [2.75, 3.05) is 38.7 Å². The molecule has 0 atom stereocenters. The Morgan fingerprint density at radius 1 is 1.10 bits per heavy atom. The van der Waals surface area contributed by atoms with Gasteiger partial charge in [-0.3, -0.25) is 0 Å². The summed E-state index contributed by atoms with van der Waals surface area (Å²) in [5, 5.41) is 3.56. The van der Waals surface area contributed by atoms with Crippen molar-refractivity contribution >= 4 is 5.82 Å². The third-order valence-electron chi connectivity index (χ3n) is 6.96. The number of aryl methyl sites for hydroxylation is 1. The minimum Gasteiger partial charge on any atom is -0.381 e. The minimum absolute atomic E-state index is 0.124. The van der Waals surface area contributed by atoms with E-state index in [1.807, 2.05) is 24.4 Å². The maximum atomic E-state index is 5.68. The zero-order valence-electron chi connectivity index (χ0n) is 17.8. The SMILES string of the molecule is CN(CCCc1ccc(C2(CNc3ccccn3)CCOCC2)cc1)C1CCC1. The summed E-state index contributed by atoms with van der Waals surface area (Å²) in [5.74, 6) is 0.950. The summed E-state index contributed by atoms with van der Waals surface area (Å²) in [7, 11) is 2.29. The van der Waals surface area contributed by atoms with Crippen LogP contribution in [-0.2, 0) is 16.6 Å². The van der Waals surface area contributed by atoms with Gasteiger partial charge in [0.15, 0.2) is 0 Å². The molecule has 1 aliphatic carbocycles. The van der Waals surface area contributed by atoms with E-state index in [-0.39, 0.29) is 5.41 Å². The highest BCUT2D eigenvalue weighted by atomic mass is 16.5. The van der Waals surface area contributed by atoms with Gasteiger partial charge in [0, 0.05) is 37.4 Å². The molecule has 1 aromatic heterocycles. The van der Waals surface area contributed by atoms with Crippen molar-refractivity contribution < 1.29 is 4.74 Å². The average molecular weight is 394 g/mol. The van der Waals surface area contributed by atoms with Gasteiger partial charge in [0.2, 0.25) is 0 Å². The summed E-state index contributed by atoms with van der Waals surface area (Å²) in [6, 6.07) is 16.3. The molecule has 0 amide bonds. The van der Waals surface area contributed by atoms with Crippen molar-refractivity contribution in [3.05, 3.63) is 59.8 Å². The maximum absolute atomic E-state index is 5.68. The van der Waals surface area contributed by atoms with Gasteiger partial charge >= 0.3 is 0 Å². The van der Waals surface area contributed by atoms with E-state index in [1.54, 1.807) is 0 Å². The smallest absolute Gasteiger partial charge is 0.125 e. The molecule has 2 fully saturated rings. The second-order valence-electron chi connectivity index (χ2n) is 8.83. The van der Waals surface area contributed by atoms with Crippen LogP contribution in [0.1, 0.15) is 49.7 Å². The highest BCUT2D eigenvalue weighted by Gasteiger charge is 2.34. The molecular weight excluding hydrogens is 358 g/mol. The molecule has 4 heteroatoms. The molecule has 29 heavy (non-hydrogen) atoms. The molecule has 0 unspecified atom stereocenters. The van der Waals surface area contributed by atoms with Gasteiger partial charge in [0.1, 0.15) is 5.82 Å². The third kappa shape index (κ3) is 5.18. The van der Waals surface area contributed by atoms with E-state index < -0.39 is 0 Å². The number of aromatic nitrogens is 1. The van der Waals surface area contributed by atoms with Gasteiger partial charge < -0.3 is 15.0 Å². The lowest BCUT2D eigenvalue weighted by Gasteiger charge is -2.38. The number of nitrogens with one attached hydrogen (secondary N) is 1. The topological polar surface area (TPSA) is 37.4 Å². The number of hydrogen-bond acceptors (Lipinski definition) is 4. The molecule has 1 saturated heterocycles. The molecule has 0 radical (unpaired) electrons. The van der Waals surface area contributed by atoms with Crippen LogP contribution in [0.15, 0.2) is 48.7 Å². The zero-order valence-corrected chi connectivity index (χ0v) is 17.8. The molecule has 1 aromatic carbocycles. The van der Waals surface area contributed by atoms with E-state index in [0.29, 0.717) is 0 Å². The van der Waals surface area contributed by atoms with E-state index in [0.717, 1.165) is 44.5 Å². The number of benzene rings is 1. The molecule has 4 nitrogen and oxygen atoms in total. The molecule has 0 spiro atoms. The second-order valence-corrected chi connectivity index (χ2v) is 8.83. The van der Waals surface area contributed by atoms with Gasteiger partial charge in [0.05, 0.1) is 0 Å². The first-order valence-electron chi connectivity index (χ1n) is 11.3. The van der Waals surface area contributed by atoms with Gasteiger partial charge in [-0.15, -0.1) is 0 Å². The van der Waals surface area contributed by atoms with E-state index >= 15 is 0 Å². The van der Waals surface area contributed by atoms with Crippen LogP contribution >= 0.6 is 0 Å². The largest absolute Gasteiger partial charge is 0.381 e. The predicted molar refractivity (Wildman–Crippen MR) is 119 cm³/mol. The van der Waals surface area contributed by atoms with Gasteiger partial charge in [-0.05, 0) is 75.4 Å². The molecule has 1 saturated carbocycles. The zero-order chi connectivity index (χ0) is 19.9. The first-order chi connectivity index (χ1) is 14.3. The fraction of sp³-hybridized carbons (Fsp3) is 0.560. The van der Waals surface area contributed by atoms with Crippen molar-refractivity contribution in [1.29, 1.82) is 0 Å². The summed E-state index contributed by atoms with van der Waals surface area (Å²) >= 11 is 0. The Morgan fingerprint density at radius 2 is 1.90 bits per heavy atom. The molecule has 1 N–H and O–H groups in total. The monoisotopic (exact) mass is 393 g/mol. The van der Waals surface area contributed by atoms with Crippen LogP contribution in [0, 0.1) is 0 Å². The van der Waals surface area contributed by atoms with E-state index in [1.165, 1.54) is 49.8 Å². The number of pyridine rings is 1. The van der Waals surface area contributed by atoms with Gasteiger partial charge in [-0.25, -0.2) is 4.98 Å². The van der Waals surface area contributed by atoms with Crippen molar-refractivity contribution in [3.8, 4) is 0 Å². The van der Waals surface area contributed by atoms with E-state index in [4.69, 9.17) is 4.74 Å². The maximum Gasteiger partial charge on any atom is 0.125 e. The number of hydrogen-bond donors (Lipinski definition) is 1.